The lowest BCUT2D eigenvalue weighted by Gasteiger charge is -2.62. The minimum atomic E-state index is -2.15. The highest BCUT2D eigenvalue weighted by molar-refractivity contribution is 5.94. The summed E-state index contributed by atoms with van der Waals surface area (Å²) in [5, 5.41) is 21.3. The average Bonchev–Trinajstić information content (AvgIpc) is 3.33. The van der Waals surface area contributed by atoms with E-state index < -0.39 is 87.8 Å². The molecule has 1 aromatic carbocycles. The Morgan fingerprint density at radius 3 is 2.26 bits per heavy atom. The van der Waals surface area contributed by atoms with E-state index in [9.17, 15) is 39.2 Å². The third-order valence-electron chi connectivity index (χ3n) is 12.2. The van der Waals surface area contributed by atoms with Crippen molar-refractivity contribution in [2.45, 2.75) is 116 Å². The van der Waals surface area contributed by atoms with Gasteiger partial charge in [-0.25, -0.2) is 4.39 Å². The maximum atomic E-state index is 17.7. The lowest BCUT2D eigenvalue weighted by Crippen LogP contribution is -2.69. The highest BCUT2D eigenvalue weighted by Crippen LogP contribution is 2.71. The van der Waals surface area contributed by atoms with Gasteiger partial charge in [-0.15, -0.1) is 10.1 Å². The summed E-state index contributed by atoms with van der Waals surface area (Å²) in [5.41, 5.74) is -4.67. The number of aliphatic hydroxyl groups is 1. The van der Waals surface area contributed by atoms with Gasteiger partial charge < -0.3 is 24.2 Å². The van der Waals surface area contributed by atoms with Crippen molar-refractivity contribution in [3.63, 3.8) is 0 Å². The lowest BCUT2D eigenvalue weighted by molar-refractivity contribution is -0.763. The largest absolute Gasteiger partial charge is 0.461 e. The van der Waals surface area contributed by atoms with E-state index in [1.165, 1.54) is 6.08 Å². The average molecular weight is 742 g/mol. The number of ether oxygens (including phenoxy) is 3. The molecule has 0 spiro atoms. The third kappa shape index (κ3) is 7.26. The molecule has 288 valence electrons. The van der Waals surface area contributed by atoms with Crippen LogP contribution in [0.3, 0.4) is 0 Å². The van der Waals surface area contributed by atoms with Crippen LogP contribution in [0.4, 0.5) is 4.39 Å². The molecule has 0 radical (unpaired) electrons. The predicted molar refractivity (Wildman–Crippen MR) is 184 cm³/mol. The number of esters is 3. The number of halogens is 1. The van der Waals surface area contributed by atoms with Crippen LogP contribution in [0.2, 0.25) is 0 Å². The van der Waals surface area contributed by atoms with Crippen LogP contribution >= 0.6 is 0 Å². The van der Waals surface area contributed by atoms with Crippen molar-refractivity contribution in [2.75, 3.05) is 6.61 Å². The third-order valence-corrected chi connectivity index (χ3v) is 12.2. The second-order valence-corrected chi connectivity index (χ2v) is 15.3. The second kappa shape index (κ2) is 15.5. The van der Waals surface area contributed by atoms with Crippen molar-refractivity contribution in [1.82, 2.24) is 0 Å². The first kappa shape index (κ1) is 39.7. The molecule has 2 fully saturated rings. The van der Waals surface area contributed by atoms with E-state index in [4.69, 9.17) is 14.2 Å². The number of hydrogen-bond acceptors (Lipinski definition) is 12. The standard InChI is InChI=1S/C39H48FNO12/c1-5-6-7-35(47)53-39(32(44)23-51-34(46)15-14-33(45)50-21-25-8-10-26(11-9-25)22-52-41(48)49)24(2)18-30-29-13-12-27-19-28(42)16-17-36(27,3)38(29,40)31(43)20-37(30,39)4/h8-12,16-17,24,29-31,43H,5-7,13-15,18-23H2,1-4H3/t24-,29?,30-,31-,36-,37-,38-,39-/m0/s1. The zero-order valence-corrected chi connectivity index (χ0v) is 30.6. The van der Waals surface area contributed by atoms with Gasteiger partial charge >= 0.3 is 17.9 Å². The highest BCUT2D eigenvalue weighted by Gasteiger charge is 2.77. The van der Waals surface area contributed by atoms with Crippen molar-refractivity contribution < 1.29 is 57.6 Å². The molecule has 0 saturated heterocycles. The number of nitrogens with zero attached hydrogens (tertiary/aromatic N) is 1. The Balaban J connectivity index is 1.27. The maximum absolute atomic E-state index is 17.7. The molecule has 0 heterocycles. The van der Waals surface area contributed by atoms with E-state index in [0.29, 0.717) is 36.0 Å². The lowest BCUT2D eigenvalue weighted by atomic mass is 9.45. The highest BCUT2D eigenvalue weighted by atomic mass is 19.1. The monoisotopic (exact) mass is 741 g/mol. The summed E-state index contributed by atoms with van der Waals surface area (Å²) < 4.78 is 34.5. The molecule has 2 saturated carbocycles. The van der Waals surface area contributed by atoms with Crippen molar-refractivity contribution >= 4 is 29.5 Å². The van der Waals surface area contributed by atoms with E-state index in [0.717, 1.165) is 0 Å². The van der Waals surface area contributed by atoms with Crippen LogP contribution in [0.5, 0.6) is 0 Å². The van der Waals surface area contributed by atoms with Gasteiger partial charge in [0.2, 0.25) is 5.78 Å². The zero-order chi connectivity index (χ0) is 38.8. The van der Waals surface area contributed by atoms with Crippen LogP contribution in [0.1, 0.15) is 96.6 Å². The topological polar surface area (TPSA) is 186 Å². The fourth-order valence-corrected chi connectivity index (χ4v) is 9.48. The van der Waals surface area contributed by atoms with E-state index in [2.05, 4.69) is 4.84 Å². The van der Waals surface area contributed by atoms with Gasteiger partial charge in [-0.1, -0.05) is 69.2 Å². The second-order valence-electron chi connectivity index (χ2n) is 15.3. The van der Waals surface area contributed by atoms with Gasteiger partial charge in [0, 0.05) is 35.5 Å². The van der Waals surface area contributed by atoms with E-state index in [1.807, 2.05) is 13.0 Å². The Hall–Kier alpha value is -4.46. The molecule has 5 rings (SSSR count). The SMILES string of the molecule is CCCCC(=O)O[C@]1(C(=O)COC(=O)CCC(=O)OCc2ccc(CO[N+](=O)[O-])cc2)[C@@H](C)C[C@H]2C3CC=C4CC(=O)C=C[C@]4(C)[C@@]3(F)[C@@H](O)C[C@@]21C. The normalized spacial score (nSPS) is 32.7. The summed E-state index contributed by atoms with van der Waals surface area (Å²) in [5.74, 6) is -4.86. The Bertz CT molecular complexity index is 1690. The molecule has 0 aromatic heterocycles. The quantitative estimate of drug-likeness (QED) is 0.0793. The summed E-state index contributed by atoms with van der Waals surface area (Å²) in [7, 11) is 0. The van der Waals surface area contributed by atoms with Crippen LogP contribution in [0.25, 0.3) is 0 Å². The van der Waals surface area contributed by atoms with Crippen molar-refractivity contribution in [1.29, 1.82) is 0 Å². The van der Waals surface area contributed by atoms with Gasteiger partial charge in [0.05, 0.1) is 18.9 Å². The Kier molecular flexibility index (Phi) is 11.6. The molecule has 1 aromatic rings. The number of unbranched alkanes of at least 4 members (excludes halogenated alkanes) is 1. The minimum Gasteiger partial charge on any atom is -0.461 e. The molecule has 8 atom stereocenters. The van der Waals surface area contributed by atoms with Crippen LogP contribution in [-0.4, -0.2) is 63.6 Å². The van der Waals surface area contributed by atoms with Gasteiger partial charge in [-0.3, -0.25) is 24.0 Å². The molecule has 4 aliphatic carbocycles. The number of alkyl halides is 1. The van der Waals surface area contributed by atoms with Crippen LogP contribution in [-0.2, 0) is 56.2 Å². The summed E-state index contributed by atoms with van der Waals surface area (Å²) in [6.07, 6.45) is 4.17. The molecule has 1 unspecified atom stereocenters. The fraction of sp³-hybridized carbons (Fsp3) is 0.615. The van der Waals surface area contributed by atoms with E-state index >= 15 is 4.39 Å². The molecule has 4 aliphatic rings. The maximum Gasteiger partial charge on any atom is 0.306 e. The number of aliphatic hydroxyl groups excluding tert-OH is 1. The van der Waals surface area contributed by atoms with E-state index in [-0.39, 0.29) is 51.1 Å². The van der Waals surface area contributed by atoms with Gasteiger partial charge in [0.15, 0.2) is 23.7 Å². The molecular weight excluding hydrogens is 693 g/mol. The molecule has 1 N–H and O–H groups in total. The van der Waals surface area contributed by atoms with Crippen molar-refractivity contribution in [3.8, 4) is 0 Å². The zero-order valence-electron chi connectivity index (χ0n) is 30.6. The Morgan fingerprint density at radius 2 is 1.62 bits per heavy atom. The summed E-state index contributed by atoms with van der Waals surface area (Å²) in [6.45, 7) is 6.03. The predicted octanol–water partition coefficient (Wildman–Crippen LogP) is 5.42. The summed E-state index contributed by atoms with van der Waals surface area (Å²) >= 11 is 0. The number of carbonyl (C=O) groups is 5. The molecule has 53 heavy (non-hydrogen) atoms. The molecule has 0 aliphatic heterocycles. The fourth-order valence-electron chi connectivity index (χ4n) is 9.48. The number of benzene rings is 1. The van der Waals surface area contributed by atoms with Gasteiger partial charge in [0.25, 0.3) is 5.09 Å². The number of carbonyl (C=O) groups excluding carboxylic acids is 5. The van der Waals surface area contributed by atoms with Gasteiger partial charge in [-0.2, -0.15) is 0 Å². The molecule has 0 bridgehead atoms. The molecule has 13 nitrogen and oxygen atoms in total. The first-order chi connectivity index (χ1) is 25.0. The van der Waals surface area contributed by atoms with Crippen molar-refractivity contribution in [3.05, 3.63) is 69.3 Å². The first-order valence-corrected chi connectivity index (χ1v) is 18.2. The summed E-state index contributed by atoms with van der Waals surface area (Å²) in [6, 6.07) is 6.40. The van der Waals surface area contributed by atoms with Crippen molar-refractivity contribution in [2.24, 2.45) is 28.6 Å². The van der Waals surface area contributed by atoms with Crippen LogP contribution in [0.15, 0.2) is 48.1 Å². The van der Waals surface area contributed by atoms with Crippen LogP contribution < -0.4 is 0 Å². The number of allylic oxidation sites excluding steroid dienone is 4. The number of hydrogen-bond donors (Lipinski definition) is 1. The number of fused-ring (bicyclic) bond motifs is 5. The van der Waals surface area contributed by atoms with Crippen LogP contribution in [0, 0.1) is 38.7 Å². The summed E-state index contributed by atoms with van der Waals surface area (Å²) in [4.78, 5) is 79.8. The first-order valence-electron chi connectivity index (χ1n) is 18.2. The molecular formula is C39H48FNO12. The molecule has 14 heteroatoms. The van der Waals surface area contributed by atoms with Gasteiger partial charge in [-0.05, 0) is 55.7 Å². The minimum absolute atomic E-state index is 0.0447. The Labute approximate surface area is 307 Å². The van der Waals surface area contributed by atoms with E-state index in [1.54, 1.807) is 51.1 Å². The molecule has 0 amide bonds. The van der Waals surface area contributed by atoms with Gasteiger partial charge in [0.1, 0.15) is 13.2 Å². The smallest absolute Gasteiger partial charge is 0.306 e. The number of ketones is 2. The Morgan fingerprint density at radius 1 is 0.981 bits per heavy atom. The number of rotatable bonds is 15. The number of Topliss-reactive ketones (excluding diaryl/α,β-unsaturated/α-hetero) is 1.